The quantitative estimate of drug-likeness (QED) is 0.680. The molecule has 130 valence electrons. The largest absolute Gasteiger partial charge is 0.370 e. The van der Waals surface area contributed by atoms with Gasteiger partial charge < -0.3 is 19.9 Å². The average Bonchev–Trinajstić information content (AvgIpc) is 2.55. The molecule has 0 spiro atoms. The van der Waals surface area contributed by atoms with Gasteiger partial charge in [-0.15, -0.1) is 0 Å². The van der Waals surface area contributed by atoms with Crippen LogP contribution < -0.4 is 15.1 Å². The smallest absolute Gasteiger partial charge is 0.231 e. The minimum Gasteiger partial charge on any atom is -0.370 e. The molecule has 0 atom stereocenters. The maximum Gasteiger partial charge on any atom is 0.231 e. The number of nitrogens with one attached hydrogen (secondary N) is 2. The summed E-state index contributed by atoms with van der Waals surface area (Å²) in [6.45, 7) is 11.8. The molecular weight excluding hydrogens is 316 g/mol. The number of anilines is 2. The Morgan fingerprint density at radius 1 is 1.13 bits per heavy atom. The van der Waals surface area contributed by atoms with Crippen molar-refractivity contribution in [2.75, 3.05) is 62.7 Å². The summed E-state index contributed by atoms with van der Waals surface area (Å²) >= 11 is 6.07. The van der Waals surface area contributed by atoms with E-state index >= 15 is 0 Å². The normalized spacial score (nSPS) is 15.6. The van der Waals surface area contributed by atoms with Crippen LogP contribution in [0.4, 0.5) is 11.9 Å². The van der Waals surface area contributed by atoms with Gasteiger partial charge in [0, 0.05) is 13.1 Å². The van der Waals surface area contributed by atoms with Gasteiger partial charge in [-0.05, 0) is 24.4 Å². The summed E-state index contributed by atoms with van der Waals surface area (Å²) < 4.78 is 5.37. The molecule has 0 bridgehead atoms. The Labute approximate surface area is 143 Å². The summed E-state index contributed by atoms with van der Waals surface area (Å²) in [7, 11) is 0. The van der Waals surface area contributed by atoms with E-state index in [-0.39, 0.29) is 5.28 Å². The molecule has 2 rings (SSSR count). The summed E-state index contributed by atoms with van der Waals surface area (Å²) in [6, 6.07) is 0. The number of quaternary nitrogens is 1. The third-order valence-electron chi connectivity index (χ3n) is 3.83. The highest BCUT2D eigenvalue weighted by Crippen LogP contribution is 2.14. The van der Waals surface area contributed by atoms with E-state index in [2.05, 4.69) is 39.0 Å². The predicted octanol–water partition coefficient (Wildman–Crippen LogP) is 0.478. The number of ether oxygens (including phenoxy) is 1. The van der Waals surface area contributed by atoms with E-state index in [4.69, 9.17) is 16.3 Å². The van der Waals surface area contributed by atoms with Crippen LogP contribution >= 0.6 is 11.6 Å². The fraction of sp³-hybridized carbons (Fsp3) is 0.800. The van der Waals surface area contributed by atoms with Crippen LogP contribution in [0.15, 0.2) is 0 Å². The van der Waals surface area contributed by atoms with Crippen LogP contribution in [0, 0.1) is 0 Å². The van der Waals surface area contributed by atoms with E-state index in [1.165, 1.54) is 0 Å². The Balaban J connectivity index is 1.92. The zero-order chi connectivity index (χ0) is 16.5. The van der Waals surface area contributed by atoms with Crippen LogP contribution in [0.2, 0.25) is 5.28 Å². The number of halogens is 1. The number of hydrogen-bond acceptors (Lipinski definition) is 6. The Kier molecular flexibility index (Phi) is 7.78. The van der Waals surface area contributed by atoms with Gasteiger partial charge in [-0.1, -0.05) is 13.8 Å². The van der Waals surface area contributed by atoms with Gasteiger partial charge in [-0.2, -0.15) is 15.0 Å². The Morgan fingerprint density at radius 2 is 1.83 bits per heavy atom. The van der Waals surface area contributed by atoms with E-state index in [0.29, 0.717) is 11.9 Å². The molecule has 0 amide bonds. The van der Waals surface area contributed by atoms with Gasteiger partial charge in [-0.3, -0.25) is 0 Å². The van der Waals surface area contributed by atoms with Crippen LogP contribution in [-0.4, -0.2) is 67.4 Å². The van der Waals surface area contributed by atoms with Gasteiger partial charge in [0.1, 0.15) is 13.1 Å². The predicted molar refractivity (Wildman–Crippen MR) is 92.5 cm³/mol. The first kappa shape index (κ1) is 18.2. The maximum atomic E-state index is 6.07. The Morgan fingerprint density at radius 3 is 2.48 bits per heavy atom. The van der Waals surface area contributed by atoms with Crippen molar-refractivity contribution < 1.29 is 9.64 Å². The third-order valence-corrected chi connectivity index (χ3v) is 4.00. The van der Waals surface area contributed by atoms with Crippen molar-refractivity contribution in [1.29, 1.82) is 0 Å². The van der Waals surface area contributed by atoms with E-state index in [0.717, 1.165) is 65.3 Å². The van der Waals surface area contributed by atoms with Gasteiger partial charge in [0.05, 0.1) is 26.3 Å². The van der Waals surface area contributed by atoms with Gasteiger partial charge in [0.2, 0.25) is 17.2 Å². The lowest BCUT2D eigenvalue weighted by atomic mass is 10.4. The highest BCUT2D eigenvalue weighted by atomic mass is 35.5. The van der Waals surface area contributed by atoms with Crippen molar-refractivity contribution in [3.63, 3.8) is 0 Å². The maximum absolute atomic E-state index is 6.07. The van der Waals surface area contributed by atoms with Gasteiger partial charge >= 0.3 is 0 Å². The fourth-order valence-corrected chi connectivity index (χ4v) is 2.83. The summed E-state index contributed by atoms with van der Waals surface area (Å²) in [5.41, 5.74) is 0. The van der Waals surface area contributed by atoms with Crippen molar-refractivity contribution in [3.8, 4) is 0 Å². The van der Waals surface area contributed by atoms with Gasteiger partial charge in [0.15, 0.2) is 0 Å². The molecule has 0 aromatic carbocycles. The Hall–Kier alpha value is -1.18. The van der Waals surface area contributed by atoms with Gasteiger partial charge in [-0.25, -0.2) is 0 Å². The van der Waals surface area contributed by atoms with Crippen molar-refractivity contribution >= 4 is 23.5 Å². The second-order valence-corrected chi connectivity index (χ2v) is 6.09. The second kappa shape index (κ2) is 9.85. The molecule has 2 N–H and O–H groups in total. The molecule has 1 saturated heterocycles. The molecule has 7 nitrogen and oxygen atoms in total. The monoisotopic (exact) mass is 343 g/mol. The molecule has 0 aliphatic carbocycles. The lowest BCUT2D eigenvalue weighted by Crippen LogP contribution is -3.14. The number of rotatable bonds is 9. The number of morpholine rings is 1. The zero-order valence-corrected chi connectivity index (χ0v) is 14.9. The first-order valence-corrected chi connectivity index (χ1v) is 8.92. The highest BCUT2D eigenvalue weighted by molar-refractivity contribution is 6.28. The summed E-state index contributed by atoms with van der Waals surface area (Å²) in [5, 5.41) is 3.52. The minimum atomic E-state index is 0.244. The molecule has 1 aliphatic heterocycles. The molecule has 0 radical (unpaired) electrons. The SMILES string of the molecule is CCCN(CCC)c1nc(Cl)nc(NCC[NH+]2CCOCC2)n1. The first-order chi connectivity index (χ1) is 11.2. The number of aromatic nitrogens is 3. The van der Waals surface area contributed by atoms with Crippen LogP contribution in [-0.2, 0) is 4.74 Å². The van der Waals surface area contributed by atoms with E-state index in [1.54, 1.807) is 4.90 Å². The molecular formula is C15H28ClN6O+. The van der Waals surface area contributed by atoms with Crippen molar-refractivity contribution in [2.24, 2.45) is 0 Å². The van der Waals surface area contributed by atoms with E-state index in [1.807, 2.05) is 0 Å². The molecule has 2 heterocycles. The molecule has 1 aromatic rings. The standard InChI is InChI=1S/C15H27ClN6O/c1-3-6-22(7-4-2)15-19-13(16)18-14(20-15)17-5-8-21-9-11-23-12-10-21/h3-12H2,1-2H3,(H,17,18,19,20)/p+1. The first-order valence-electron chi connectivity index (χ1n) is 8.54. The van der Waals surface area contributed by atoms with Crippen LogP contribution in [0.3, 0.4) is 0 Å². The summed E-state index contributed by atoms with van der Waals surface area (Å²) in [4.78, 5) is 16.7. The topological polar surface area (TPSA) is 67.6 Å². The molecule has 0 saturated carbocycles. The average molecular weight is 344 g/mol. The van der Waals surface area contributed by atoms with Crippen molar-refractivity contribution in [1.82, 2.24) is 15.0 Å². The molecule has 1 fully saturated rings. The number of hydrogen-bond donors (Lipinski definition) is 2. The highest BCUT2D eigenvalue weighted by Gasteiger charge is 2.14. The van der Waals surface area contributed by atoms with Crippen LogP contribution in [0.5, 0.6) is 0 Å². The molecule has 23 heavy (non-hydrogen) atoms. The van der Waals surface area contributed by atoms with E-state index in [9.17, 15) is 0 Å². The lowest BCUT2D eigenvalue weighted by Gasteiger charge is -2.24. The number of nitrogens with zero attached hydrogens (tertiary/aromatic N) is 4. The van der Waals surface area contributed by atoms with Crippen molar-refractivity contribution in [2.45, 2.75) is 26.7 Å². The lowest BCUT2D eigenvalue weighted by molar-refractivity contribution is -0.906. The molecule has 8 heteroatoms. The Bertz CT molecular complexity index is 463. The van der Waals surface area contributed by atoms with Gasteiger partial charge in [0.25, 0.3) is 0 Å². The molecule has 1 aliphatic rings. The minimum absolute atomic E-state index is 0.244. The summed E-state index contributed by atoms with van der Waals surface area (Å²) in [5.74, 6) is 1.22. The fourth-order valence-electron chi connectivity index (χ4n) is 2.67. The zero-order valence-electron chi connectivity index (χ0n) is 14.1. The van der Waals surface area contributed by atoms with Crippen molar-refractivity contribution in [3.05, 3.63) is 5.28 Å². The summed E-state index contributed by atoms with van der Waals surface area (Å²) in [6.07, 6.45) is 2.10. The van der Waals surface area contributed by atoms with Crippen LogP contribution in [0.1, 0.15) is 26.7 Å². The second-order valence-electron chi connectivity index (χ2n) is 5.75. The molecule has 1 aromatic heterocycles. The molecule has 0 unspecified atom stereocenters. The van der Waals surface area contributed by atoms with E-state index < -0.39 is 0 Å². The van der Waals surface area contributed by atoms with Crippen LogP contribution in [0.25, 0.3) is 0 Å². The third kappa shape index (κ3) is 6.08.